The number of benzene rings is 1. The molecule has 0 heterocycles. The number of hydrogen-bond donors (Lipinski definition) is 0. The molecule has 90 valence electrons. The fourth-order valence-electron chi connectivity index (χ4n) is 1.57. The van der Waals surface area contributed by atoms with E-state index in [1.54, 1.807) is 19.1 Å². The Kier molecular flexibility index (Phi) is 4.99. The summed E-state index contributed by atoms with van der Waals surface area (Å²) < 4.78 is 4.87. The Balaban J connectivity index is 3.05. The predicted octanol–water partition coefficient (Wildman–Crippen LogP) is 2.71. The molecule has 4 heteroatoms. The molecule has 0 aliphatic rings. The van der Waals surface area contributed by atoms with Crippen LogP contribution in [-0.2, 0) is 21.8 Å². The molecule has 1 aromatic rings. The van der Waals surface area contributed by atoms with Gasteiger partial charge in [-0.3, -0.25) is 4.79 Å². The van der Waals surface area contributed by atoms with Gasteiger partial charge in [-0.2, -0.15) is 5.26 Å². The Morgan fingerprint density at radius 2 is 2.18 bits per heavy atom. The molecular weight excluding hydrogens is 238 g/mol. The van der Waals surface area contributed by atoms with Crippen molar-refractivity contribution in [2.24, 2.45) is 0 Å². The van der Waals surface area contributed by atoms with E-state index in [4.69, 9.17) is 21.6 Å². The third kappa shape index (κ3) is 3.47. The summed E-state index contributed by atoms with van der Waals surface area (Å²) in [6.07, 6.45) is 0.112. The van der Waals surface area contributed by atoms with Crippen molar-refractivity contribution in [1.29, 1.82) is 5.26 Å². The van der Waals surface area contributed by atoms with Gasteiger partial charge in [0.05, 0.1) is 24.7 Å². The maximum atomic E-state index is 11.4. The van der Waals surface area contributed by atoms with E-state index in [9.17, 15) is 4.79 Å². The van der Waals surface area contributed by atoms with Gasteiger partial charge in [0, 0.05) is 5.88 Å². The molecule has 1 aromatic carbocycles. The number of halogens is 1. The third-order valence-electron chi connectivity index (χ3n) is 2.47. The van der Waals surface area contributed by atoms with Crippen LogP contribution in [0, 0.1) is 18.3 Å². The number of hydrogen-bond acceptors (Lipinski definition) is 3. The first-order valence-corrected chi connectivity index (χ1v) is 5.89. The number of ether oxygens (including phenoxy) is 1. The Morgan fingerprint density at radius 3 is 2.71 bits per heavy atom. The van der Waals surface area contributed by atoms with Crippen molar-refractivity contribution in [3.05, 3.63) is 34.4 Å². The average molecular weight is 252 g/mol. The van der Waals surface area contributed by atoms with Crippen LogP contribution in [0.5, 0.6) is 0 Å². The van der Waals surface area contributed by atoms with Gasteiger partial charge in [0.2, 0.25) is 0 Å². The molecule has 0 unspecified atom stereocenters. The third-order valence-corrected chi connectivity index (χ3v) is 2.75. The number of aryl methyl sites for hydroxylation is 1. The van der Waals surface area contributed by atoms with Crippen LogP contribution < -0.4 is 0 Å². The summed E-state index contributed by atoms with van der Waals surface area (Å²) in [7, 11) is 0. The monoisotopic (exact) mass is 251 g/mol. The lowest BCUT2D eigenvalue weighted by Gasteiger charge is -2.08. The first kappa shape index (κ1) is 13.5. The molecule has 0 fully saturated rings. The van der Waals surface area contributed by atoms with Crippen molar-refractivity contribution in [2.45, 2.75) is 26.1 Å². The van der Waals surface area contributed by atoms with Crippen molar-refractivity contribution in [2.75, 3.05) is 6.61 Å². The molecular formula is C13H14ClNO2. The highest BCUT2D eigenvalue weighted by molar-refractivity contribution is 6.17. The van der Waals surface area contributed by atoms with Gasteiger partial charge in [0.15, 0.2) is 0 Å². The molecule has 0 saturated carbocycles. The second-order valence-electron chi connectivity index (χ2n) is 3.66. The molecule has 0 spiro atoms. The minimum absolute atomic E-state index is 0.112. The molecule has 17 heavy (non-hydrogen) atoms. The van der Waals surface area contributed by atoms with Crippen molar-refractivity contribution in [3.8, 4) is 6.07 Å². The highest BCUT2D eigenvalue weighted by Gasteiger charge is 2.11. The summed E-state index contributed by atoms with van der Waals surface area (Å²) in [5.41, 5.74) is 3.07. The number of esters is 1. The van der Waals surface area contributed by atoms with Gasteiger partial charge in [-0.15, -0.1) is 11.6 Å². The summed E-state index contributed by atoms with van der Waals surface area (Å²) in [6, 6.07) is 5.64. The van der Waals surface area contributed by atoms with Gasteiger partial charge in [-0.05, 0) is 36.6 Å². The van der Waals surface area contributed by atoms with Crippen LogP contribution in [-0.4, -0.2) is 12.6 Å². The molecule has 0 radical (unpaired) electrons. The summed E-state index contributed by atoms with van der Waals surface area (Å²) in [5, 5.41) is 9.01. The predicted molar refractivity (Wildman–Crippen MR) is 65.8 cm³/mol. The van der Waals surface area contributed by atoms with E-state index in [0.29, 0.717) is 23.6 Å². The van der Waals surface area contributed by atoms with Crippen molar-refractivity contribution >= 4 is 17.6 Å². The van der Waals surface area contributed by atoms with Crippen molar-refractivity contribution in [1.82, 2.24) is 0 Å². The average Bonchev–Trinajstić information content (AvgIpc) is 2.31. The topological polar surface area (TPSA) is 50.1 Å². The number of carbonyl (C=O) groups is 1. The molecule has 0 atom stereocenters. The lowest BCUT2D eigenvalue weighted by molar-refractivity contribution is -0.142. The SMILES string of the molecule is CCOC(=O)Cc1cc(CCl)c(C)cc1C#N. The zero-order valence-electron chi connectivity index (χ0n) is 9.92. The molecule has 3 nitrogen and oxygen atoms in total. The second kappa shape index (κ2) is 6.27. The number of carbonyl (C=O) groups excluding carboxylic acids is 1. The Morgan fingerprint density at radius 1 is 1.47 bits per heavy atom. The van der Waals surface area contributed by atoms with Crippen LogP contribution in [0.1, 0.15) is 29.2 Å². The van der Waals surface area contributed by atoms with Crippen molar-refractivity contribution in [3.63, 3.8) is 0 Å². The largest absolute Gasteiger partial charge is 0.466 e. The lowest BCUT2D eigenvalue weighted by atomic mass is 9.98. The highest BCUT2D eigenvalue weighted by Crippen LogP contribution is 2.18. The van der Waals surface area contributed by atoms with Crippen LogP contribution in [0.4, 0.5) is 0 Å². The van der Waals surface area contributed by atoms with Crippen LogP contribution >= 0.6 is 11.6 Å². The number of alkyl halides is 1. The van der Waals surface area contributed by atoms with E-state index in [2.05, 4.69) is 6.07 Å². The second-order valence-corrected chi connectivity index (χ2v) is 3.93. The van der Waals surface area contributed by atoms with Crippen LogP contribution in [0.3, 0.4) is 0 Å². The fraction of sp³-hybridized carbons (Fsp3) is 0.385. The zero-order chi connectivity index (χ0) is 12.8. The summed E-state index contributed by atoms with van der Waals surface area (Å²) >= 11 is 5.80. The summed E-state index contributed by atoms with van der Waals surface area (Å²) in [5.74, 6) is 0.0428. The Labute approximate surface area is 106 Å². The summed E-state index contributed by atoms with van der Waals surface area (Å²) in [6.45, 7) is 3.99. The quantitative estimate of drug-likeness (QED) is 0.611. The molecule has 0 amide bonds. The number of rotatable bonds is 4. The van der Waals surface area contributed by atoms with Gasteiger partial charge in [-0.25, -0.2) is 0 Å². The minimum atomic E-state index is -0.326. The Hall–Kier alpha value is -1.53. The zero-order valence-corrected chi connectivity index (χ0v) is 10.7. The van der Waals surface area contributed by atoms with Crippen LogP contribution in [0.25, 0.3) is 0 Å². The normalized spacial score (nSPS) is 9.76. The first-order chi connectivity index (χ1) is 8.12. The van der Waals surface area contributed by atoms with Gasteiger partial charge in [-0.1, -0.05) is 6.07 Å². The number of nitrogens with zero attached hydrogens (tertiary/aromatic N) is 1. The fourth-order valence-corrected chi connectivity index (χ4v) is 1.85. The molecule has 0 aromatic heterocycles. The molecule has 0 aliphatic carbocycles. The van der Waals surface area contributed by atoms with Crippen LogP contribution in [0.15, 0.2) is 12.1 Å². The van der Waals surface area contributed by atoms with E-state index >= 15 is 0 Å². The molecule has 1 rings (SSSR count). The van der Waals surface area contributed by atoms with E-state index in [1.807, 2.05) is 6.92 Å². The first-order valence-electron chi connectivity index (χ1n) is 5.36. The molecule has 0 bridgehead atoms. The van der Waals surface area contributed by atoms with Crippen molar-refractivity contribution < 1.29 is 9.53 Å². The molecule has 0 saturated heterocycles. The van der Waals surface area contributed by atoms with Gasteiger partial charge in [0.25, 0.3) is 0 Å². The van der Waals surface area contributed by atoms with Gasteiger partial charge >= 0.3 is 5.97 Å². The Bertz CT molecular complexity index is 463. The van der Waals surface area contributed by atoms with Gasteiger partial charge in [0.1, 0.15) is 0 Å². The standard InChI is InChI=1S/C13H14ClNO2/c1-3-17-13(16)6-10-5-11(7-14)9(2)4-12(10)8-15/h4-5H,3,6-7H2,1-2H3. The van der Waals surface area contributed by atoms with Gasteiger partial charge < -0.3 is 4.74 Å². The maximum absolute atomic E-state index is 11.4. The molecule has 0 aliphatic heterocycles. The lowest BCUT2D eigenvalue weighted by Crippen LogP contribution is -2.09. The van der Waals surface area contributed by atoms with E-state index < -0.39 is 0 Å². The van der Waals surface area contributed by atoms with E-state index in [0.717, 1.165) is 11.1 Å². The molecule has 0 N–H and O–H groups in total. The highest BCUT2D eigenvalue weighted by atomic mass is 35.5. The number of nitriles is 1. The minimum Gasteiger partial charge on any atom is -0.466 e. The summed E-state index contributed by atoms with van der Waals surface area (Å²) in [4.78, 5) is 11.4. The van der Waals surface area contributed by atoms with Crippen LogP contribution in [0.2, 0.25) is 0 Å². The van der Waals surface area contributed by atoms with E-state index in [-0.39, 0.29) is 12.4 Å². The maximum Gasteiger partial charge on any atom is 0.310 e. The van der Waals surface area contributed by atoms with E-state index in [1.165, 1.54) is 0 Å². The smallest absolute Gasteiger partial charge is 0.310 e.